The highest BCUT2D eigenvalue weighted by Gasteiger charge is 2.20. The van der Waals surface area contributed by atoms with Crippen LogP contribution in [0.4, 0.5) is 4.39 Å². The van der Waals surface area contributed by atoms with Gasteiger partial charge < -0.3 is 4.74 Å². The lowest BCUT2D eigenvalue weighted by atomic mass is 10.2. The van der Waals surface area contributed by atoms with Crippen LogP contribution >= 0.6 is 0 Å². The Labute approximate surface area is 112 Å². The van der Waals surface area contributed by atoms with E-state index in [1.807, 2.05) is 6.92 Å². The SMILES string of the molecule is CCOCCCNS(=O)(=O)c1cccc(F)c1C#N. The number of hydrogen-bond donors (Lipinski definition) is 1. The van der Waals surface area contributed by atoms with E-state index < -0.39 is 21.4 Å². The van der Waals surface area contributed by atoms with Crippen molar-refractivity contribution in [2.24, 2.45) is 0 Å². The van der Waals surface area contributed by atoms with Gasteiger partial charge in [-0.05, 0) is 25.5 Å². The first-order valence-electron chi connectivity index (χ1n) is 5.79. The zero-order valence-corrected chi connectivity index (χ0v) is 11.3. The maximum Gasteiger partial charge on any atom is 0.241 e. The first-order chi connectivity index (χ1) is 9.03. The fraction of sp³-hybridized carbons (Fsp3) is 0.417. The van der Waals surface area contributed by atoms with Crippen molar-refractivity contribution >= 4 is 10.0 Å². The van der Waals surface area contributed by atoms with Crippen molar-refractivity contribution in [3.8, 4) is 6.07 Å². The third kappa shape index (κ3) is 4.28. The molecule has 0 atom stereocenters. The Morgan fingerprint density at radius 2 is 2.21 bits per heavy atom. The van der Waals surface area contributed by atoms with Crippen LogP contribution in [-0.2, 0) is 14.8 Å². The molecule has 0 spiro atoms. The highest BCUT2D eigenvalue weighted by molar-refractivity contribution is 7.89. The number of nitrogens with zero attached hydrogens (tertiary/aromatic N) is 1. The van der Waals surface area contributed by atoms with E-state index in [1.54, 1.807) is 6.07 Å². The lowest BCUT2D eigenvalue weighted by Gasteiger charge is -2.08. The van der Waals surface area contributed by atoms with Crippen LogP contribution in [0, 0.1) is 17.1 Å². The number of sulfonamides is 1. The summed E-state index contributed by atoms with van der Waals surface area (Å²) >= 11 is 0. The second-order valence-corrected chi connectivity index (χ2v) is 5.41. The summed E-state index contributed by atoms with van der Waals surface area (Å²) in [5.41, 5.74) is -0.472. The molecule has 19 heavy (non-hydrogen) atoms. The van der Waals surface area contributed by atoms with E-state index in [0.29, 0.717) is 19.6 Å². The molecule has 1 aromatic rings. The average Bonchev–Trinajstić information content (AvgIpc) is 2.38. The highest BCUT2D eigenvalue weighted by atomic mass is 32.2. The molecule has 0 unspecified atom stereocenters. The molecule has 1 aromatic carbocycles. The van der Waals surface area contributed by atoms with Crippen molar-refractivity contribution in [2.45, 2.75) is 18.2 Å². The fourth-order valence-electron chi connectivity index (χ4n) is 1.44. The minimum absolute atomic E-state index is 0.170. The predicted octanol–water partition coefficient (Wildman–Crippen LogP) is 1.40. The summed E-state index contributed by atoms with van der Waals surface area (Å²) in [6, 6.07) is 5.07. The summed E-state index contributed by atoms with van der Waals surface area (Å²) < 4.78 is 44.6. The summed E-state index contributed by atoms with van der Waals surface area (Å²) in [5.74, 6) is -0.848. The highest BCUT2D eigenvalue weighted by Crippen LogP contribution is 2.17. The molecule has 104 valence electrons. The molecule has 0 bridgehead atoms. The Kier molecular flexibility index (Phi) is 5.89. The Hall–Kier alpha value is -1.49. The number of benzene rings is 1. The van der Waals surface area contributed by atoms with Gasteiger partial charge >= 0.3 is 0 Å². The minimum atomic E-state index is -3.88. The minimum Gasteiger partial charge on any atom is -0.382 e. The van der Waals surface area contributed by atoms with Gasteiger partial charge in [0.05, 0.1) is 0 Å². The normalized spacial score (nSPS) is 11.2. The molecule has 0 radical (unpaired) electrons. The maximum absolute atomic E-state index is 13.3. The third-order valence-electron chi connectivity index (χ3n) is 2.34. The lowest BCUT2D eigenvalue weighted by Crippen LogP contribution is -2.26. The summed E-state index contributed by atoms with van der Waals surface area (Å²) in [4.78, 5) is -0.341. The molecule has 0 saturated heterocycles. The van der Waals surface area contributed by atoms with E-state index in [2.05, 4.69) is 4.72 Å². The first kappa shape index (κ1) is 15.6. The topological polar surface area (TPSA) is 79.2 Å². The van der Waals surface area contributed by atoms with E-state index in [-0.39, 0.29) is 11.4 Å². The molecule has 7 heteroatoms. The van der Waals surface area contributed by atoms with Gasteiger partial charge in [0.2, 0.25) is 10.0 Å². The Bertz CT molecular complexity index is 567. The first-order valence-corrected chi connectivity index (χ1v) is 7.27. The zero-order valence-electron chi connectivity index (χ0n) is 10.5. The molecule has 0 aliphatic rings. The summed E-state index contributed by atoms with van der Waals surface area (Å²) in [5, 5.41) is 8.80. The van der Waals surface area contributed by atoms with E-state index >= 15 is 0 Å². The van der Waals surface area contributed by atoms with E-state index in [0.717, 1.165) is 6.07 Å². The van der Waals surface area contributed by atoms with Crippen LogP contribution in [-0.4, -0.2) is 28.2 Å². The molecule has 0 aliphatic carbocycles. The van der Waals surface area contributed by atoms with Gasteiger partial charge in [-0.3, -0.25) is 0 Å². The van der Waals surface area contributed by atoms with Crippen molar-refractivity contribution in [1.82, 2.24) is 4.72 Å². The van der Waals surface area contributed by atoms with Crippen molar-refractivity contribution in [3.63, 3.8) is 0 Å². The van der Waals surface area contributed by atoms with Crippen molar-refractivity contribution < 1.29 is 17.5 Å². The summed E-state index contributed by atoms with van der Waals surface area (Å²) in [6.07, 6.45) is 0.504. The van der Waals surface area contributed by atoms with Gasteiger partial charge in [0.25, 0.3) is 0 Å². The van der Waals surface area contributed by atoms with Gasteiger partial charge in [-0.1, -0.05) is 6.07 Å². The standard InChI is InChI=1S/C12H15FN2O3S/c1-2-18-8-4-7-15-19(16,17)12-6-3-5-11(13)10(12)9-14/h3,5-6,15H,2,4,7-8H2,1H3. The van der Waals surface area contributed by atoms with Crippen LogP contribution in [0.3, 0.4) is 0 Å². The number of nitriles is 1. The smallest absolute Gasteiger partial charge is 0.241 e. The van der Waals surface area contributed by atoms with E-state index in [1.165, 1.54) is 12.1 Å². The summed E-state index contributed by atoms with van der Waals surface area (Å²) in [6.45, 7) is 3.02. The molecule has 0 saturated carbocycles. The van der Waals surface area contributed by atoms with Crippen LogP contribution < -0.4 is 4.72 Å². The zero-order chi connectivity index (χ0) is 14.3. The predicted molar refractivity (Wildman–Crippen MR) is 67.4 cm³/mol. The van der Waals surface area contributed by atoms with Crippen LogP contribution in [0.25, 0.3) is 0 Å². The maximum atomic E-state index is 13.3. The van der Waals surface area contributed by atoms with Gasteiger partial charge in [0.1, 0.15) is 22.3 Å². The third-order valence-corrected chi connectivity index (χ3v) is 3.84. The van der Waals surface area contributed by atoms with Crippen LogP contribution in [0.5, 0.6) is 0 Å². The quantitative estimate of drug-likeness (QED) is 0.768. The second-order valence-electron chi connectivity index (χ2n) is 3.67. The Balaban J connectivity index is 2.79. The van der Waals surface area contributed by atoms with Crippen molar-refractivity contribution in [2.75, 3.05) is 19.8 Å². The number of nitrogens with one attached hydrogen (secondary N) is 1. The van der Waals surface area contributed by atoms with Gasteiger partial charge in [0, 0.05) is 19.8 Å². The van der Waals surface area contributed by atoms with Crippen LogP contribution in [0.1, 0.15) is 18.9 Å². The largest absolute Gasteiger partial charge is 0.382 e. The number of ether oxygens (including phenoxy) is 1. The van der Waals surface area contributed by atoms with E-state index in [4.69, 9.17) is 10.00 Å². The van der Waals surface area contributed by atoms with Crippen LogP contribution in [0.15, 0.2) is 23.1 Å². The average molecular weight is 286 g/mol. The number of halogens is 1. The van der Waals surface area contributed by atoms with Gasteiger partial charge in [-0.2, -0.15) is 5.26 Å². The van der Waals surface area contributed by atoms with E-state index in [9.17, 15) is 12.8 Å². The van der Waals surface area contributed by atoms with Crippen LogP contribution in [0.2, 0.25) is 0 Å². The number of hydrogen-bond acceptors (Lipinski definition) is 4. The molecular formula is C12H15FN2O3S. The molecule has 0 amide bonds. The second kappa shape index (κ2) is 7.19. The van der Waals surface area contributed by atoms with Crippen molar-refractivity contribution in [3.05, 3.63) is 29.6 Å². The van der Waals surface area contributed by atoms with Gasteiger partial charge in [0.15, 0.2) is 0 Å². The van der Waals surface area contributed by atoms with Gasteiger partial charge in [-0.25, -0.2) is 17.5 Å². The molecule has 0 aliphatic heterocycles. The number of rotatable bonds is 7. The Morgan fingerprint density at radius 3 is 2.84 bits per heavy atom. The monoisotopic (exact) mass is 286 g/mol. The molecule has 0 heterocycles. The molecular weight excluding hydrogens is 271 g/mol. The summed E-state index contributed by atoms with van der Waals surface area (Å²) in [7, 11) is -3.88. The Morgan fingerprint density at radius 1 is 1.47 bits per heavy atom. The lowest BCUT2D eigenvalue weighted by molar-refractivity contribution is 0.146. The van der Waals surface area contributed by atoms with Crippen molar-refractivity contribution in [1.29, 1.82) is 5.26 Å². The van der Waals surface area contributed by atoms with Gasteiger partial charge in [-0.15, -0.1) is 0 Å². The molecule has 5 nitrogen and oxygen atoms in total. The molecule has 0 aromatic heterocycles. The molecule has 1 rings (SSSR count). The molecule has 1 N–H and O–H groups in total. The fourth-order valence-corrected chi connectivity index (χ4v) is 2.68. The molecule has 0 fully saturated rings.